The van der Waals surface area contributed by atoms with Gasteiger partial charge in [0.05, 0.1) is 24.4 Å². The Morgan fingerprint density at radius 3 is 3.00 bits per heavy atom. The zero-order valence-corrected chi connectivity index (χ0v) is 16.9. The van der Waals surface area contributed by atoms with Crippen LogP contribution in [-0.4, -0.2) is 49.7 Å². The molecule has 5 rings (SSSR count). The monoisotopic (exact) mass is 412 g/mol. The van der Waals surface area contributed by atoms with Gasteiger partial charge in [-0.05, 0) is 37.0 Å². The van der Waals surface area contributed by atoms with Crippen molar-refractivity contribution >= 4 is 33.3 Å². The number of fused-ring (bicyclic) bond motifs is 2. The highest BCUT2D eigenvalue weighted by molar-refractivity contribution is 7.15. The summed E-state index contributed by atoms with van der Waals surface area (Å²) in [5.74, 6) is -0.0394. The van der Waals surface area contributed by atoms with Crippen molar-refractivity contribution in [2.45, 2.75) is 44.4 Å². The fourth-order valence-corrected chi connectivity index (χ4v) is 5.11. The zero-order valence-electron chi connectivity index (χ0n) is 16.1. The molecular formula is C21H24N4O3S. The molecule has 2 aromatic heterocycles. The summed E-state index contributed by atoms with van der Waals surface area (Å²) >= 11 is 1.57. The third kappa shape index (κ3) is 3.41. The molecule has 8 heteroatoms. The number of nitrogens with zero attached hydrogens (tertiary/aromatic N) is 2. The van der Waals surface area contributed by atoms with E-state index in [-0.39, 0.29) is 12.5 Å². The summed E-state index contributed by atoms with van der Waals surface area (Å²) in [4.78, 5) is 23.8. The number of H-pyrrole nitrogens is 1. The number of carbonyl (C=O) groups is 1. The number of aromatic amines is 1. The molecule has 0 atom stereocenters. The fraction of sp³-hybridized carbons (Fsp3) is 0.429. The number of anilines is 1. The van der Waals surface area contributed by atoms with E-state index in [1.54, 1.807) is 11.3 Å². The second kappa shape index (κ2) is 7.12. The summed E-state index contributed by atoms with van der Waals surface area (Å²) in [7, 11) is 0. The van der Waals surface area contributed by atoms with Gasteiger partial charge in [-0.3, -0.25) is 4.79 Å². The predicted molar refractivity (Wildman–Crippen MR) is 112 cm³/mol. The zero-order chi connectivity index (χ0) is 20.0. The quantitative estimate of drug-likeness (QED) is 0.516. The van der Waals surface area contributed by atoms with Crippen LogP contribution in [0.5, 0.6) is 0 Å². The van der Waals surface area contributed by atoms with Crippen molar-refractivity contribution in [3.63, 3.8) is 0 Å². The van der Waals surface area contributed by atoms with Crippen LogP contribution >= 0.6 is 11.3 Å². The second-order valence-corrected chi connectivity index (χ2v) is 9.10. The average Bonchev–Trinajstić information content (AvgIpc) is 3.33. The molecule has 0 saturated heterocycles. The van der Waals surface area contributed by atoms with Gasteiger partial charge in [0.25, 0.3) is 5.91 Å². The van der Waals surface area contributed by atoms with Crippen LogP contribution in [0.15, 0.2) is 24.3 Å². The number of hydrogen-bond donors (Lipinski definition) is 4. The Labute approximate surface area is 172 Å². The van der Waals surface area contributed by atoms with E-state index < -0.39 is 5.60 Å². The molecule has 29 heavy (non-hydrogen) atoms. The van der Waals surface area contributed by atoms with Crippen LogP contribution in [0.4, 0.5) is 5.13 Å². The Balaban J connectivity index is 1.31. The van der Waals surface area contributed by atoms with Crippen LogP contribution in [0.1, 0.15) is 45.9 Å². The van der Waals surface area contributed by atoms with Gasteiger partial charge < -0.3 is 25.4 Å². The summed E-state index contributed by atoms with van der Waals surface area (Å²) < 4.78 is 0. The van der Waals surface area contributed by atoms with E-state index in [4.69, 9.17) is 0 Å². The van der Waals surface area contributed by atoms with Gasteiger partial charge in [-0.1, -0.05) is 23.5 Å². The molecule has 0 radical (unpaired) electrons. The molecule has 2 aliphatic rings. The van der Waals surface area contributed by atoms with E-state index in [0.29, 0.717) is 25.3 Å². The smallest absolute Gasteiger partial charge is 0.270 e. The maximum absolute atomic E-state index is 13.1. The molecule has 7 nitrogen and oxygen atoms in total. The number of hydrogen-bond acceptors (Lipinski definition) is 6. The minimum atomic E-state index is -0.586. The lowest BCUT2D eigenvalue weighted by atomic mass is 9.80. The summed E-state index contributed by atoms with van der Waals surface area (Å²) in [5, 5.41) is 24.8. The van der Waals surface area contributed by atoms with Gasteiger partial charge in [0, 0.05) is 35.3 Å². The van der Waals surface area contributed by atoms with Crippen molar-refractivity contribution in [3.8, 4) is 0 Å². The van der Waals surface area contributed by atoms with Crippen molar-refractivity contribution in [1.29, 1.82) is 0 Å². The van der Waals surface area contributed by atoms with Gasteiger partial charge in [0.2, 0.25) is 0 Å². The average molecular weight is 413 g/mol. The van der Waals surface area contributed by atoms with Crippen molar-refractivity contribution in [1.82, 2.24) is 14.9 Å². The Hall–Kier alpha value is -2.42. The van der Waals surface area contributed by atoms with Gasteiger partial charge >= 0.3 is 0 Å². The fourth-order valence-electron chi connectivity index (χ4n) is 4.09. The van der Waals surface area contributed by atoms with Crippen molar-refractivity contribution in [2.24, 2.45) is 0 Å². The van der Waals surface area contributed by atoms with Crippen LogP contribution in [0.2, 0.25) is 0 Å². The molecule has 0 unspecified atom stereocenters. The summed E-state index contributed by atoms with van der Waals surface area (Å²) in [6.45, 7) is 1.65. The maximum Gasteiger partial charge on any atom is 0.270 e. The molecule has 3 heterocycles. The Morgan fingerprint density at radius 2 is 2.24 bits per heavy atom. The van der Waals surface area contributed by atoms with Crippen LogP contribution in [-0.2, 0) is 19.6 Å². The topological polar surface area (TPSA) is 101 Å². The van der Waals surface area contributed by atoms with Gasteiger partial charge in [0.1, 0.15) is 5.69 Å². The number of aromatic nitrogens is 2. The molecule has 1 aliphatic carbocycles. The van der Waals surface area contributed by atoms with Gasteiger partial charge in [-0.25, -0.2) is 4.98 Å². The van der Waals surface area contributed by atoms with Crippen LogP contribution in [0.3, 0.4) is 0 Å². The van der Waals surface area contributed by atoms with E-state index in [9.17, 15) is 15.0 Å². The van der Waals surface area contributed by atoms with Crippen molar-refractivity contribution < 1.29 is 15.0 Å². The Morgan fingerprint density at radius 1 is 1.38 bits per heavy atom. The lowest BCUT2D eigenvalue weighted by molar-refractivity contribution is -0.0202. The molecule has 1 aliphatic heterocycles. The second-order valence-electron chi connectivity index (χ2n) is 8.02. The number of carbonyl (C=O) groups excluding carboxylic acids is 1. The standard InChI is InChI=1S/C21H24N4O3S/c26-11-13-3-1-4-15-14(13)9-17(23-15)19(27)25-8-5-16-18(10-25)29-20(24-16)22-12-21(28)6-2-7-21/h1,3-4,9,23,26,28H,2,5-8,10-12H2,(H,22,24). The first kappa shape index (κ1) is 18.6. The third-order valence-corrected chi connectivity index (χ3v) is 7.07. The first-order valence-electron chi connectivity index (χ1n) is 10.0. The molecule has 4 N–H and O–H groups in total. The predicted octanol–water partition coefficient (Wildman–Crippen LogP) is 2.64. The van der Waals surface area contributed by atoms with Crippen LogP contribution in [0, 0.1) is 0 Å². The highest BCUT2D eigenvalue weighted by Crippen LogP contribution is 2.34. The number of thiazole rings is 1. The summed E-state index contributed by atoms with van der Waals surface area (Å²) in [6, 6.07) is 7.48. The molecule has 1 saturated carbocycles. The molecule has 0 spiro atoms. The Kier molecular flexibility index (Phi) is 4.57. The molecule has 1 amide bonds. The SMILES string of the molecule is O=C(c1cc2c(CO)cccc2[nH]1)N1CCc2nc(NCC3(O)CCC3)sc2C1. The van der Waals surface area contributed by atoms with E-state index in [1.165, 1.54) is 0 Å². The van der Waals surface area contributed by atoms with Crippen LogP contribution in [0.25, 0.3) is 10.9 Å². The number of nitrogens with one attached hydrogen (secondary N) is 2. The number of amides is 1. The number of aliphatic hydroxyl groups is 2. The number of aliphatic hydroxyl groups excluding tert-OH is 1. The normalized spacial score (nSPS) is 17.8. The molecule has 1 aromatic carbocycles. The largest absolute Gasteiger partial charge is 0.392 e. The number of rotatable bonds is 5. The van der Waals surface area contributed by atoms with Gasteiger partial charge in [-0.15, -0.1) is 0 Å². The minimum absolute atomic E-state index is 0.0394. The van der Waals surface area contributed by atoms with Crippen molar-refractivity contribution in [3.05, 3.63) is 46.1 Å². The minimum Gasteiger partial charge on any atom is -0.392 e. The van der Waals surface area contributed by atoms with Crippen LogP contribution < -0.4 is 5.32 Å². The first-order chi connectivity index (χ1) is 14.0. The molecule has 152 valence electrons. The van der Waals surface area contributed by atoms with E-state index >= 15 is 0 Å². The highest BCUT2D eigenvalue weighted by Gasteiger charge is 2.34. The molecule has 1 fully saturated rings. The van der Waals surface area contributed by atoms with Crippen molar-refractivity contribution in [2.75, 3.05) is 18.4 Å². The highest BCUT2D eigenvalue weighted by atomic mass is 32.1. The Bertz CT molecular complexity index is 1070. The van der Waals surface area contributed by atoms with Gasteiger partial charge in [0.15, 0.2) is 5.13 Å². The van der Waals surface area contributed by atoms with E-state index in [0.717, 1.165) is 57.9 Å². The first-order valence-corrected chi connectivity index (χ1v) is 10.8. The molecular weight excluding hydrogens is 388 g/mol. The lowest BCUT2D eigenvalue weighted by Gasteiger charge is -2.36. The lowest BCUT2D eigenvalue weighted by Crippen LogP contribution is -2.43. The van der Waals surface area contributed by atoms with E-state index in [1.807, 2.05) is 29.2 Å². The summed E-state index contributed by atoms with van der Waals surface area (Å²) in [5.41, 5.74) is 2.67. The summed E-state index contributed by atoms with van der Waals surface area (Å²) in [6.07, 6.45) is 3.49. The molecule has 0 bridgehead atoms. The number of benzene rings is 1. The maximum atomic E-state index is 13.1. The third-order valence-electron chi connectivity index (χ3n) is 6.03. The van der Waals surface area contributed by atoms with E-state index in [2.05, 4.69) is 15.3 Å². The van der Waals surface area contributed by atoms with Gasteiger partial charge in [-0.2, -0.15) is 0 Å². The molecule has 3 aromatic rings.